The van der Waals surface area contributed by atoms with Gasteiger partial charge in [-0.1, -0.05) is 22.9 Å². The molecule has 0 saturated carbocycles. The van der Waals surface area contributed by atoms with E-state index in [-0.39, 0.29) is 5.25 Å². The molecular weight excluding hydrogens is 336 g/mol. The second-order valence-corrected chi connectivity index (χ2v) is 7.88. The largest absolute Gasteiger partial charge is 0.225 e. The zero-order valence-electron chi connectivity index (χ0n) is 9.76. The summed E-state index contributed by atoms with van der Waals surface area (Å²) < 4.78 is 26.0. The summed E-state index contributed by atoms with van der Waals surface area (Å²) >= 11 is 4.93. The summed E-state index contributed by atoms with van der Waals surface area (Å²) in [6.07, 6.45) is 0. The first-order valence-electron chi connectivity index (χ1n) is 5.19. The van der Waals surface area contributed by atoms with E-state index in [9.17, 15) is 8.42 Å². The average molecular weight is 349 g/mol. The zero-order chi connectivity index (χ0) is 13.6. The lowest BCUT2D eigenvalue weighted by Crippen LogP contribution is -2.31. The number of sulfonamides is 1. The van der Waals surface area contributed by atoms with Crippen molar-refractivity contribution in [3.8, 4) is 6.07 Å². The summed E-state index contributed by atoms with van der Waals surface area (Å²) in [7, 11) is -3.46. The summed E-state index contributed by atoms with van der Waals surface area (Å²) in [5.74, 6) is -0.497. The van der Waals surface area contributed by atoms with E-state index >= 15 is 0 Å². The summed E-state index contributed by atoms with van der Waals surface area (Å²) in [4.78, 5) is 1.07. The molecule has 0 aliphatic rings. The van der Waals surface area contributed by atoms with Gasteiger partial charge in [0.2, 0.25) is 10.0 Å². The van der Waals surface area contributed by atoms with Crippen LogP contribution in [0.3, 0.4) is 0 Å². The Morgan fingerprint density at radius 3 is 2.61 bits per heavy atom. The van der Waals surface area contributed by atoms with Crippen molar-refractivity contribution in [2.75, 3.05) is 12.3 Å². The molecule has 0 amide bonds. The van der Waals surface area contributed by atoms with E-state index in [0.29, 0.717) is 6.54 Å². The molecule has 0 aliphatic carbocycles. The van der Waals surface area contributed by atoms with Crippen molar-refractivity contribution in [2.24, 2.45) is 0 Å². The molecule has 1 aromatic rings. The lowest BCUT2D eigenvalue weighted by Gasteiger charge is -2.11. The highest BCUT2D eigenvalue weighted by Gasteiger charge is 2.12. The van der Waals surface area contributed by atoms with Gasteiger partial charge in [-0.3, -0.25) is 0 Å². The minimum absolute atomic E-state index is 0.0969. The van der Waals surface area contributed by atoms with Crippen LogP contribution in [-0.4, -0.2) is 26.0 Å². The molecule has 0 aromatic heterocycles. The third-order valence-corrected chi connectivity index (χ3v) is 4.75. The van der Waals surface area contributed by atoms with Gasteiger partial charge >= 0.3 is 0 Å². The van der Waals surface area contributed by atoms with Crippen molar-refractivity contribution in [2.45, 2.75) is 17.1 Å². The molecule has 0 bridgehead atoms. The molecule has 0 fully saturated rings. The van der Waals surface area contributed by atoms with Crippen LogP contribution in [-0.2, 0) is 10.0 Å². The van der Waals surface area contributed by atoms with Crippen LogP contribution < -0.4 is 4.72 Å². The van der Waals surface area contributed by atoms with Crippen LogP contribution in [0.2, 0.25) is 0 Å². The van der Waals surface area contributed by atoms with E-state index in [0.717, 1.165) is 9.37 Å². The van der Waals surface area contributed by atoms with Gasteiger partial charge in [0.1, 0.15) is 0 Å². The van der Waals surface area contributed by atoms with Gasteiger partial charge in [0.15, 0.2) is 5.75 Å². The van der Waals surface area contributed by atoms with E-state index in [2.05, 4.69) is 20.7 Å². The van der Waals surface area contributed by atoms with Crippen molar-refractivity contribution in [3.05, 3.63) is 28.7 Å². The second kappa shape index (κ2) is 7.14. The van der Waals surface area contributed by atoms with Crippen molar-refractivity contribution < 1.29 is 8.42 Å². The molecule has 1 atom stereocenters. The number of nitrogens with zero attached hydrogens (tertiary/aromatic N) is 1. The highest BCUT2D eigenvalue weighted by atomic mass is 79.9. The van der Waals surface area contributed by atoms with Gasteiger partial charge in [0.25, 0.3) is 0 Å². The Morgan fingerprint density at radius 2 is 2.06 bits per heavy atom. The molecule has 7 heteroatoms. The molecule has 0 spiro atoms. The molecule has 1 unspecified atom stereocenters. The number of halogens is 1. The van der Waals surface area contributed by atoms with Gasteiger partial charge in [-0.2, -0.15) is 5.26 Å². The zero-order valence-corrected chi connectivity index (χ0v) is 13.0. The van der Waals surface area contributed by atoms with Gasteiger partial charge in [-0.15, -0.1) is 11.8 Å². The predicted molar refractivity (Wildman–Crippen MR) is 76.9 cm³/mol. The van der Waals surface area contributed by atoms with Crippen LogP contribution >= 0.6 is 27.7 Å². The molecule has 4 nitrogen and oxygen atoms in total. The van der Waals surface area contributed by atoms with E-state index < -0.39 is 15.8 Å². The molecule has 1 rings (SSSR count). The Hall–Kier alpha value is -0.550. The third-order valence-electron chi connectivity index (χ3n) is 2.00. The van der Waals surface area contributed by atoms with Gasteiger partial charge in [0.05, 0.1) is 6.07 Å². The molecule has 98 valence electrons. The lowest BCUT2D eigenvalue weighted by molar-refractivity contribution is 0.585. The normalized spacial score (nSPS) is 12.9. The lowest BCUT2D eigenvalue weighted by atomic mass is 10.4. The van der Waals surface area contributed by atoms with E-state index in [1.165, 1.54) is 0 Å². The molecule has 0 saturated heterocycles. The fraction of sp³-hybridized carbons (Fsp3) is 0.364. The van der Waals surface area contributed by atoms with E-state index in [4.69, 9.17) is 5.26 Å². The van der Waals surface area contributed by atoms with Gasteiger partial charge in [-0.25, -0.2) is 13.1 Å². The predicted octanol–water partition coefficient (Wildman–Crippen LogP) is 2.37. The monoisotopic (exact) mass is 348 g/mol. The minimum Gasteiger partial charge on any atom is -0.213 e. The topological polar surface area (TPSA) is 70.0 Å². The van der Waals surface area contributed by atoms with Crippen molar-refractivity contribution in [3.63, 3.8) is 0 Å². The van der Waals surface area contributed by atoms with Crippen molar-refractivity contribution in [1.29, 1.82) is 5.26 Å². The number of benzene rings is 1. The van der Waals surface area contributed by atoms with Gasteiger partial charge < -0.3 is 0 Å². The fourth-order valence-corrected chi connectivity index (χ4v) is 3.24. The first-order valence-corrected chi connectivity index (χ1v) is 8.52. The highest BCUT2D eigenvalue weighted by Crippen LogP contribution is 2.24. The molecule has 1 N–H and O–H groups in total. The highest BCUT2D eigenvalue weighted by molar-refractivity contribution is 9.10. The maximum Gasteiger partial charge on any atom is 0.225 e. The minimum atomic E-state index is -3.46. The van der Waals surface area contributed by atoms with Gasteiger partial charge in [-0.05, 0) is 24.3 Å². The molecule has 1 aromatic carbocycles. The second-order valence-electron chi connectivity index (χ2n) is 3.65. The van der Waals surface area contributed by atoms with Crippen LogP contribution in [0.1, 0.15) is 6.92 Å². The summed E-state index contributed by atoms with van der Waals surface area (Å²) in [5.41, 5.74) is 0. The summed E-state index contributed by atoms with van der Waals surface area (Å²) in [5, 5.41) is 8.45. The summed E-state index contributed by atoms with van der Waals surface area (Å²) in [6.45, 7) is 2.24. The number of rotatable bonds is 6. The van der Waals surface area contributed by atoms with E-state index in [1.807, 2.05) is 31.2 Å². The fourth-order valence-electron chi connectivity index (χ4n) is 1.17. The van der Waals surface area contributed by atoms with Crippen LogP contribution in [0.5, 0.6) is 0 Å². The molecular formula is C11H13BrN2O2S2. The summed E-state index contributed by atoms with van der Waals surface area (Å²) in [6, 6.07) is 9.44. The number of hydrogen-bond acceptors (Lipinski definition) is 4. The number of hydrogen-bond donors (Lipinski definition) is 1. The Kier molecular flexibility index (Phi) is 6.15. The molecule has 0 heterocycles. The smallest absolute Gasteiger partial charge is 0.213 e. The van der Waals surface area contributed by atoms with Crippen LogP contribution in [0.25, 0.3) is 0 Å². The first-order chi connectivity index (χ1) is 8.43. The first kappa shape index (κ1) is 15.5. The number of thioether (sulfide) groups is 1. The van der Waals surface area contributed by atoms with E-state index in [1.54, 1.807) is 17.8 Å². The standard InChI is InChI=1S/C11H13BrN2O2S2/c1-9(8-14-18(15,16)7-6-13)17-11-4-2-10(12)3-5-11/h2-5,9,14H,7-8H2,1H3. The quantitative estimate of drug-likeness (QED) is 0.801. The van der Waals surface area contributed by atoms with Crippen LogP contribution in [0.4, 0.5) is 0 Å². The maximum atomic E-state index is 11.3. The van der Waals surface area contributed by atoms with Crippen LogP contribution in [0.15, 0.2) is 33.6 Å². The van der Waals surface area contributed by atoms with Crippen molar-refractivity contribution in [1.82, 2.24) is 4.72 Å². The Balaban J connectivity index is 2.45. The third kappa shape index (κ3) is 5.87. The van der Waals surface area contributed by atoms with Crippen LogP contribution in [0, 0.1) is 11.3 Å². The Labute approximate surface area is 120 Å². The Morgan fingerprint density at radius 1 is 1.44 bits per heavy atom. The SMILES string of the molecule is CC(CNS(=O)(=O)CC#N)Sc1ccc(Br)cc1. The maximum absolute atomic E-state index is 11.3. The molecule has 0 radical (unpaired) electrons. The number of nitriles is 1. The number of nitrogens with one attached hydrogen (secondary N) is 1. The van der Waals surface area contributed by atoms with Gasteiger partial charge in [0, 0.05) is 21.2 Å². The average Bonchev–Trinajstić information content (AvgIpc) is 2.30. The molecule has 0 aliphatic heterocycles. The van der Waals surface area contributed by atoms with Crippen molar-refractivity contribution >= 4 is 37.7 Å². The Bertz CT molecular complexity index is 523. The molecule has 18 heavy (non-hydrogen) atoms.